The average Bonchev–Trinajstić information content (AvgIpc) is 3.28. The molecule has 0 radical (unpaired) electrons. The van der Waals surface area contributed by atoms with Gasteiger partial charge in [0.05, 0.1) is 0 Å². The molecule has 49 heavy (non-hydrogen) atoms. The predicted molar refractivity (Wildman–Crippen MR) is 183 cm³/mol. The maximum absolute atomic E-state index is 14.0. The number of aryl methyl sites for hydroxylation is 2. The van der Waals surface area contributed by atoms with Crippen molar-refractivity contribution in [3.05, 3.63) is 58.7 Å². The Hall–Kier alpha value is -4.52. The zero-order valence-corrected chi connectivity index (χ0v) is 28.5. The van der Waals surface area contributed by atoms with Crippen LogP contribution in [0.15, 0.2) is 36.4 Å². The third-order valence-electron chi connectivity index (χ3n) is 10.7. The van der Waals surface area contributed by atoms with E-state index in [9.17, 15) is 29.4 Å². The molecule has 0 spiro atoms. The van der Waals surface area contributed by atoms with Crippen molar-refractivity contribution in [1.82, 2.24) is 24.5 Å². The summed E-state index contributed by atoms with van der Waals surface area (Å²) < 4.78 is 6.03. The van der Waals surface area contributed by atoms with E-state index in [4.69, 9.17) is 4.74 Å². The van der Waals surface area contributed by atoms with Gasteiger partial charge in [-0.25, -0.2) is 14.4 Å². The lowest BCUT2D eigenvalue weighted by Gasteiger charge is -2.42. The van der Waals surface area contributed by atoms with Crippen molar-refractivity contribution in [3.63, 3.8) is 0 Å². The molecule has 3 fully saturated rings. The second-order valence-corrected chi connectivity index (χ2v) is 13.8. The number of phenols is 1. The summed E-state index contributed by atoms with van der Waals surface area (Å²) in [5.41, 5.74) is 4.14. The molecule has 3 N–H and O–H groups in total. The Balaban J connectivity index is 1.07. The molecule has 3 saturated heterocycles. The third-order valence-corrected chi connectivity index (χ3v) is 10.7. The number of hydrogen-bond donors (Lipinski definition) is 3. The van der Waals surface area contributed by atoms with E-state index in [0.717, 1.165) is 36.1 Å². The summed E-state index contributed by atoms with van der Waals surface area (Å²) in [4.78, 5) is 61.1. The number of ether oxygens (including phenoxy) is 1. The maximum Gasteiger partial charge on any atom is 0.410 e. The van der Waals surface area contributed by atoms with Gasteiger partial charge in [-0.05, 0) is 74.3 Å². The molecule has 0 bridgehead atoms. The fourth-order valence-corrected chi connectivity index (χ4v) is 7.78. The lowest BCUT2D eigenvalue weighted by atomic mass is 9.98. The van der Waals surface area contributed by atoms with Gasteiger partial charge in [-0.1, -0.05) is 30.3 Å². The van der Waals surface area contributed by atoms with Crippen LogP contribution in [0.25, 0.3) is 0 Å². The molecule has 4 heterocycles. The monoisotopic (exact) mass is 676 g/mol. The van der Waals surface area contributed by atoms with Gasteiger partial charge in [0.1, 0.15) is 5.75 Å². The number of likely N-dealkylation sites (tertiary alicyclic amines) is 2. The van der Waals surface area contributed by atoms with Gasteiger partial charge < -0.3 is 39.9 Å². The number of rotatable bonds is 6. The highest BCUT2D eigenvalue weighted by molar-refractivity contribution is 5.91. The zero-order chi connectivity index (χ0) is 34.7. The molecule has 0 aromatic heterocycles. The van der Waals surface area contributed by atoms with Crippen LogP contribution in [0.1, 0.15) is 47.9 Å². The number of urea groups is 1. The molecule has 5 amide bonds. The molecular weight excluding hydrogens is 628 g/mol. The van der Waals surface area contributed by atoms with Crippen molar-refractivity contribution in [2.75, 3.05) is 64.2 Å². The predicted octanol–water partition coefficient (Wildman–Crippen LogP) is 3.90. The number of nitrogens with zero attached hydrogens (tertiary/aromatic N) is 5. The summed E-state index contributed by atoms with van der Waals surface area (Å²) in [6.07, 6.45) is 1.25. The van der Waals surface area contributed by atoms with Crippen LogP contribution in [0.4, 0.5) is 20.1 Å². The number of piperidine rings is 2. The quantitative estimate of drug-likeness (QED) is 0.418. The van der Waals surface area contributed by atoms with Crippen LogP contribution in [-0.2, 0) is 22.4 Å². The number of carbonyl (C=O) groups is 4. The van der Waals surface area contributed by atoms with E-state index in [0.29, 0.717) is 82.9 Å². The van der Waals surface area contributed by atoms with E-state index in [1.807, 2.05) is 55.1 Å². The van der Waals surface area contributed by atoms with Gasteiger partial charge in [0.15, 0.2) is 6.10 Å². The summed E-state index contributed by atoms with van der Waals surface area (Å²) in [7, 11) is 0. The first-order valence-corrected chi connectivity index (χ1v) is 17.5. The molecule has 0 aliphatic carbocycles. The first-order valence-electron chi connectivity index (χ1n) is 17.5. The van der Waals surface area contributed by atoms with Crippen LogP contribution in [-0.4, -0.2) is 136 Å². The van der Waals surface area contributed by atoms with Gasteiger partial charge in [0, 0.05) is 83.1 Å². The Labute approximate surface area is 287 Å². The number of amides is 5. The van der Waals surface area contributed by atoms with Crippen LogP contribution < -0.4 is 5.32 Å². The van der Waals surface area contributed by atoms with Gasteiger partial charge in [-0.3, -0.25) is 9.69 Å². The van der Waals surface area contributed by atoms with Gasteiger partial charge in [0.2, 0.25) is 0 Å². The smallest absolute Gasteiger partial charge is 0.410 e. The van der Waals surface area contributed by atoms with E-state index < -0.39 is 18.3 Å². The number of fused-ring (bicyclic) bond motifs is 1. The Morgan fingerprint density at radius 3 is 2.10 bits per heavy atom. The molecule has 0 unspecified atom stereocenters. The summed E-state index contributed by atoms with van der Waals surface area (Å²) in [6.45, 7) is 8.42. The van der Waals surface area contributed by atoms with E-state index >= 15 is 0 Å². The molecule has 264 valence electrons. The fraction of sp³-hybridized carbons (Fsp3) is 0.556. The van der Waals surface area contributed by atoms with E-state index in [1.165, 1.54) is 4.90 Å². The second kappa shape index (κ2) is 14.9. The lowest BCUT2D eigenvalue weighted by molar-refractivity contribution is -0.142. The number of benzene rings is 2. The van der Waals surface area contributed by atoms with Crippen molar-refractivity contribution in [2.45, 2.75) is 70.6 Å². The minimum atomic E-state index is -1.03. The molecule has 13 nitrogen and oxygen atoms in total. The maximum atomic E-state index is 14.0. The Kier molecular flexibility index (Phi) is 10.5. The Morgan fingerprint density at radius 2 is 1.45 bits per heavy atom. The standard InChI is InChI=1S/C36H48N6O7/c1-24-21-26(22-25(2)32(24)43)23-31(33(44)39-12-8-28(9-13-39)38-17-19-40(20-18-38)35(46)47)49-36(48)41-14-10-29(11-15-41)42-16-7-27-5-3-4-6-30(27)37-34(42)45/h3-6,21-22,28-29,31,43H,7-20,23H2,1-2H3,(H,37,45)(H,46,47)/t31-/m1/s1. The van der Waals surface area contributed by atoms with Gasteiger partial charge in [-0.15, -0.1) is 0 Å². The Bertz CT molecular complexity index is 1520. The molecule has 0 saturated carbocycles. The molecule has 4 aliphatic rings. The van der Waals surface area contributed by atoms with E-state index in [2.05, 4.69) is 10.2 Å². The minimum Gasteiger partial charge on any atom is -0.507 e. The highest BCUT2D eigenvalue weighted by atomic mass is 16.6. The molecule has 2 aromatic rings. The van der Waals surface area contributed by atoms with Crippen molar-refractivity contribution in [1.29, 1.82) is 0 Å². The molecule has 6 rings (SSSR count). The number of phenolic OH excluding ortho intramolecular Hbond substituents is 1. The van der Waals surface area contributed by atoms with Crippen LogP contribution in [0.5, 0.6) is 5.75 Å². The number of aromatic hydroxyl groups is 1. The summed E-state index contributed by atoms with van der Waals surface area (Å²) >= 11 is 0. The number of piperazine rings is 1. The molecule has 1 atom stereocenters. The zero-order valence-electron chi connectivity index (χ0n) is 28.5. The van der Waals surface area contributed by atoms with Crippen molar-refractivity contribution in [3.8, 4) is 5.75 Å². The third kappa shape index (κ3) is 7.87. The minimum absolute atomic E-state index is 0.00728. The molecule has 4 aliphatic heterocycles. The molecule has 13 heteroatoms. The SMILES string of the molecule is Cc1cc(C[C@@H](OC(=O)N2CCC(N3CCc4ccccc4NC3=O)CC2)C(=O)N2CCC(N3CCN(C(=O)O)CC3)CC2)cc(C)c1O. The van der Waals surface area contributed by atoms with Crippen LogP contribution in [0.3, 0.4) is 0 Å². The van der Waals surface area contributed by atoms with E-state index in [1.54, 1.807) is 9.80 Å². The van der Waals surface area contributed by atoms with Gasteiger partial charge in [-0.2, -0.15) is 0 Å². The number of nitrogens with one attached hydrogen (secondary N) is 1. The van der Waals surface area contributed by atoms with E-state index in [-0.39, 0.29) is 36.2 Å². The second-order valence-electron chi connectivity index (χ2n) is 13.8. The van der Waals surface area contributed by atoms with Crippen molar-refractivity contribution < 1.29 is 34.1 Å². The first-order chi connectivity index (χ1) is 23.6. The number of hydrogen-bond acceptors (Lipinski definition) is 7. The number of carbonyl (C=O) groups excluding carboxylic acids is 3. The highest BCUT2D eigenvalue weighted by Crippen LogP contribution is 2.27. The number of carboxylic acid groups (broad SMARTS) is 1. The lowest BCUT2D eigenvalue weighted by Crippen LogP contribution is -2.55. The Morgan fingerprint density at radius 1 is 0.837 bits per heavy atom. The van der Waals surface area contributed by atoms with Crippen LogP contribution in [0, 0.1) is 13.8 Å². The topological polar surface area (TPSA) is 146 Å². The summed E-state index contributed by atoms with van der Waals surface area (Å²) in [5.74, 6) is -0.0266. The van der Waals surface area contributed by atoms with Gasteiger partial charge in [0.25, 0.3) is 5.91 Å². The summed E-state index contributed by atoms with van der Waals surface area (Å²) in [5, 5.41) is 22.6. The van der Waals surface area contributed by atoms with Crippen LogP contribution in [0.2, 0.25) is 0 Å². The molecular formula is C36H48N6O7. The van der Waals surface area contributed by atoms with Gasteiger partial charge >= 0.3 is 18.2 Å². The summed E-state index contributed by atoms with van der Waals surface area (Å²) in [6, 6.07) is 11.6. The van der Waals surface area contributed by atoms with Crippen LogP contribution >= 0.6 is 0 Å². The highest BCUT2D eigenvalue weighted by Gasteiger charge is 2.37. The molecule has 2 aromatic carbocycles. The normalized spacial score (nSPS) is 20.3. The first kappa shape index (κ1) is 34.3. The number of para-hydroxylation sites is 1. The largest absolute Gasteiger partial charge is 0.507 e. The average molecular weight is 677 g/mol. The van der Waals surface area contributed by atoms with Crippen molar-refractivity contribution in [2.24, 2.45) is 0 Å². The number of anilines is 1. The van der Waals surface area contributed by atoms with Crippen molar-refractivity contribution >= 4 is 29.8 Å². The fourth-order valence-electron chi connectivity index (χ4n) is 7.78.